The molecule has 4 rings (SSSR count). The minimum absolute atomic E-state index is 0.125. The van der Waals surface area contributed by atoms with Gasteiger partial charge in [0.2, 0.25) is 5.91 Å². The number of hydrogen-bond acceptors (Lipinski definition) is 6. The number of carbonyl (C=O) groups excluding carboxylic acids is 2. The molecular weight excluding hydrogens is 496 g/mol. The first-order valence-electron chi connectivity index (χ1n) is 13.9. The minimum Gasteiger partial charge on any atom is -0.493 e. The summed E-state index contributed by atoms with van der Waals surface area (Å²) in [5.41, 5.74) is 1.26. The molecule has 1 heterocycles. The zero-order valence-corrected chi connectivity index (χ0v) is 23.7. The second kappa shape index (κ2) is 12.3. The van der Waals surface area contributed by atoms with Gasteiger partial charge in [-0.1, -0.05) is 57.2 Å². The number of aliphatic hydroxyl groups excluding tert-OH is 1. The fourth-order valence-electron chi connectivity index (χ4n) is 5.21. The number of alkyl carbamates (subject to hydrolysis) is 1. The van der Waals surface area contributed by atoms with Gasteiger partial charge in [-0.3, -0.25) is 4.79 Å². The van der Waals surface area contributed by atoms with E-state index in [2.05, 4.69) is 5.32 Å². The Morgan fingerprint density at radius 1 is 1.10 bits per heavy atom. The van der Waals surface area contributed by atoms with Crippen LogP contribution in [0.3, 0.4) is 0 Å². The lowest BCUT2D eigenvalue weighted by Gasteiger charge is -2.34. The van der Waals surface area contributed by atoms with E-state index in [4.69, 9.17) is 14.2 Å². The highest BCUT2D eigenvalue weighted by Gasteiger charge is 2.49. The highest BCUT2D eigenvalue weighted by atomic mass is 16.5. The molecule has 1 aliphatic heterocycles. The van der Waals surface area contributed by atoms with E-state index in [1.165, 1.54) is 12.8 Å². The number of nitrogens with zero attached hydrogens (tertiary/aromatic N) is 1. The van der Waals surface area contributed by atoms with Crippen molar-refractivity contribution < 1.29 is 28.9 Å². The lowest BCUT2D eigenvalue weighted by atomic mass is 9.72. The van der Waals surface area contributed by atoms with Crippen LogP contribution in [-0.4, -0.2) is 61.0 Å². The average molecular weight is 539 g/mol. The molecule has 2 amide bonds. The van der Waals surface area contributed by atoms with E-state index in [9.17, 15) is 14.7 Å². The number of nitrogens with one attached hydrogen (secondary N) is 1. The predicted molar refractivity (Wildman–Crippen MR) is 149 cm³/mol. The van der Waals surface area contributed by atoms with Gasteiger partial charge in [-0.25, -0.2) is 4.79 Å². The lowest BCUT2D eigenvalue weighted by molar-refractivity contribution is -0.134. The molecule has 2 N–H and O–H groups in total. The summed E-state index contributed by atoms with van der Waals surface area (Å²) in [6.45, 7) is 9.14. The van der Waals surface area contributed by atoms with Crippen LogP contribution in [0.1, 0.15) is 57.6 Å². The van der Waals surface area contributed by atoms with Crippen molar-refractivity contribution in [3.8, 4) is 11.5 Å². The number of rotatable bonds is 11. The number of ether oxygens (including phenoxy) is 3. The zero-order valence-electron chi connectivity index (χ0n) is 23.7. The summed E-state index contributed by atoms with van der Waals surface area (Å²) in [6, 6.07) is 14.5. The number of hydrogen-bond donors (Lipinski definition) is 2. The van der Waals surface area contributed by atoms with Crippen molar-refractivity contribution in [3.63, 3.8) is 0 Å². The van der Waals surface area contributed by atoms with Gasteiger partial charge in [0.05, 0.1) is 19.8 Å². The third kappa shape index (κ3) is 6.85. The van der Waals surface area contributed by atoms with Crippen LogP contribution in [0.15, 0.2) is 48.5 Å². The summed E-state index contributed by atoms with van der Waals surface area (Å²) in [6.07, 6.45) is 1.08. The van der Waals surface area contributed by atoms with Crippen LogP contribution in [0, 0.1) is 17.3 Å². The number of carbonyl (C=O) groups is 2. The van der Waals surface area contributed by atoms with E-state index in [1.807, 2.05) is 69.3 Å². The highest BCUT2D eigenvalue weighted by molar-refractivity contribution is 5.86. The van der Waals surface area contributed by atoms with E-state index in [0.29, 0.717) is 37.1 Å². The molecule has 1 aliphatic carbocycles. The predicted octanol–water partition coefficient (Wildman–Crippen LogP) is 4.75. The van der Waals surface area contributed by atoms with Gasteiger partial charge in [0.1, 0.15) is 12.6 Å². The molecule has 0 aromatic heterocycles. The van der Waals surface area contributed by atoms with E-state index in [-0.39, 0.29) is 24.3 Å². The first kappa shape index (κ1) is 28.7. The molecular formula is C31H42N2O6. The molecule has 2 aliphatic rings. The number of likely N-dealkylation sites (tertiary alicyclic amines) is 1. The Bertz CT molecular complexity index is 1130. The summed E-state index contributed by atoms with van der Waals surface area (Å²) in [5.74, 6) is 1.48. The monoisotopic (exact) mass is 538 g/mol. The maximum absolute atomic E-state index is 13.8. The third-order valence-corrected chi connectivity index (χ3v) is 8.18. The largest absolute Gasteiger partial charge is 0.493 e. The third-order valence-electron chi connectivity index (χ3n) is 8.18. The fourth-order valence-corrected chi connectivity index (χ4v) is 5.21. The van der Waals surface area contributed by atoms with Gasteiger partial charge in [0.15, 0.2) is 11.5 Å². The first-order valence-corrected chi connectivity index (χ1v) is 13.9. The van der Waals surface area contributed by atoms with Crippen LogP contribution in [0.4, 0.5) is 4.79 Å². The number of amides is 2. The normalized spacial score (nSPS) is 22.3. The Morgan fingerprint density at radius 3 is 2.44 bits per heavy atom. The Kier molecular flexibility index (Phi) is 9.05. The van der Waals surface area contributed by atoms with Crippen molar-refractivity contribution in [1.29, 1.82) is 0 Å². The van der Waals surface area contributed by atoms with Crippen LogP contribution >= 0.6 is 0 Å². The topological polar surface area (TPSA) is 97.3 Å². The van der Waals surface area contributed by atoms with Crippen molar-refractivity contribution in [3.05, 3.63) is 59.7 Å². The molecule has 0 bridgehead atoms. The van der Waals surface area contributed by atoms with Gasteiger partial charge in [0.25, 0.3) is 0 Å². The maximum atomic E-state index is 13.8. The number of benzene rings is 2. The van der Waals surface area contributed by atoms with E-state index in [1.54, 1.807) is 18.9 Å². The molecule has 8 nitrogen and oxygen atoms in total. The zero-order chi connectivity index (χ0) is 28.2. The SMILES string of the molecule is COc1ccc([C@@H]2CN(C(=O)C(NC(=O)OCc3ccccc3)C(C)C)C[C@]2(C)[C@@H](C)O)cc1OCC1CC1. The number of methoxy groups -OCH3 is 1. The quantitative estimate of drug-likeness (QED) is 0.429. The summed E-state index contributed by atoms with van der Waals surface area (Å²) in [4.78, 5) is 28.1. The van der Waals surface area contributed by atoms with Crippen molar-refractivity contribution >= 4 is 12.0 Å². The molecule has 0 radical (unpaired) electrons. The second-order valence-electron chi connectivity index (χ2n) is 11.5. The van der Waals surface area contributed by atoms with Gasteiger partial charge in [-0.15, -0.1) is 0 Å². The first-order chi connectivity index (χ1) is 18.6. The maximum Gasteiger partial charge on any atom is 0.408 e. The van der Waals surface area contributed by atoms with Crippen LogP contribution in [-0.2, 0) is 16.1 Å². The summed E-state index contributed by atoms with van der Waals surface area (Å²) in [7, 11) is 1.62. The molecule has 39 heavy (non-hydrogen) atoms. The molecule has 1 saturated heterocycles. The molecule has 4 atom stereocenters. The summed E-state index contributed by atoms with van der Waals surface area (Å²) < 4.78 is 17.0. The van der Waals surface area contributed by atoms with Gasteiger partial charge in [-0.2, -0.15) is 0 Å². The summed E-state index contributed by atoms with van der Waals surface area (Å²) in [5, 5.41) is 13.7. The molecule has 212 valence electrons. The van der Waals surface area contributed by atoms with Crippen LogP contribution in [0.2, 0.25) is 0 Å². The van der Waals surface area contributed by atoms with Crippen molar-refractivity contribution in [1.82, 2.24) is 10.2 Å². The van der Waals surface area contributed by atoms with Crippen molar-refractivity contribution in [2.45, 2.75) is 65.2 Å². The van der Waals surface area contributed by atoms with Crippen molar-refractivity contribution in [2.24, 2.45) is 17.3 Å². The van der Waals surface area contributed by atoms with Crippen LogP contribution in [0.5, 0.6) is 11.5 Å². The van der Waals surface area contributed by atoms with Gasteiger partial charge < -0.3 is 29.5 Å². The highest BCUT2D eigenvalue weighted by Crippen LogP contribution is 2.47. The standard InChI is InChI=1S/C31H42N2O6/c1-20(2)28(32-30(36)39-18-22-9-7-6-8-10-22)29(35)33-16-25(31(4,19-33)21(3)34)24-13-14-26(37-5)27(15-24)38-17-23-11-12-23/h6-10,13-15,20-21,23,25,28,34H,11-12,16-19H2,1-5H3,(H,32,36)/t21-,25+,28?,31-/m1/s1. The van der Waals surface area contributed by atoms with Gasteiger partial charge >= 0.3 is 6.09 Å². The Morgan fingerprint density at radius 2 is 1.82 bits per heavy atom. The average Bonchev–Trinajstić information content (AvgIpc) is 3.69. The molecule has 0 spiro atoms. The Balaban J connectivity index is 1.49. The Labute approximate surface area is 231 Å². The van der Waals surface area contributed by atoms with Gasteiger partial charge in [-0.05, 0) is 54.9 Å². The number of aliphatic hydroxyl groups is 1. The molecule has 1 saturated carbocycles. The van der Waals surface area contributed by atoms with E-state index in [0.717, 1.165) is 11.1 Å². The lowest BCUT2D eigenvalue weighted by Crippen LogP contribution is -2.51. The van der Waals surface area contributed by atoms with Crippen LogP contribution in [0.25, 0.3) is 0 Å². The van der Waals surface area contributed by atoms with E-state index < -0.39 is 23.7 Å². The minimum atomic E-state index is -0.751. The molecule has 8 heteroatoms. The van der Waals surface area contributed by atoms with Crippen molar-refractivity contribution in [2.75, 3.05) is 26.8 Å². The second-order valence-corrected chi connectivity index (χ2v) is 11.5. The molecule has 2 aromatic rings. The fraction of sp³-hybridized carbons (Fsp3) is 0.548. The Hall–Kier alpha value is -3.26. The van der Waals surface area contributed by atoms with Gasteiger partial charge in [0, 0.05) is 24.4 Å². The summed E-state index contributed by atoms with van der Waals surface area (Å²) >= 11 is 0. The molecule has 2 aromatic carbocycles. The molecule has 1 unspecified atom stereocenters. The van der Waals surface area contributed by atoms with Crippen LogP contribution < -0.4 is 14.8 Å². The van der Waals surface area contributed by atoms with E-state index >= 15 is 0 Å². The molecule has 2 fully saturated rings. The smallest absolute Gasteiger partial charge is 0.408 e.